The molecular formula is C25H22N6OS. The summed E-state index contributed by atoms with van der Waals surface area (Å²) in [5.41, 5.74) is 6.56. The normalized spacial score (nSPS) is 11.3. The molecule has 5 rings (SSSR count). The second-order valence-corrected chi connectivity index (χ2v) is 8.77. The Hall–Kier alpha value is -3.91. The number of hydrogen-bond acceptors (Lipinski definition) is 6. The van der Waals surface area contributed by atoms with Crippen molar-refractivity contribution in [3.05, 3.63) is 77.3 Å². The summed E-state index contributed by atoms with van der Waals surface area (Å²) in [4.78, 5) is 18.2. The molecule has 8 heteroatoms. The van der Waals surface area contributed by atoms with E-state index < -0.39 is 0 Å². The predicted molar refractivity (Wildman–Crippen MR) is 131 cm³/mol. The molecule has 3 heterocycles. The molecule has 5 aromatic rings. The van der Waals surface area contributed by atoms with Gasteiger partial charge in [0.25, 0.3) is 5.91 Å². The van der Waals surface area contributed by atoms with Crippen LogP contribution in [0.4, 0.5) is 5.69 Å². The minimum Gasteiger partial charge on any atom is -0.322 e. The van der Waals surface area contributed by atoms with Crippen molar-refractivity contribution in [2.24, 2.45) is 0 Å². The maximum Gasteiger partial charge on any atom is 0.256 e. The highest BCUT2D eigenvalue weighted by Crippen LogP contribution is 2.28. The number of aryl methyl sites for hydroxylation is 1. The SMILES string of the molecule is Cc1ccc(-c2cc(C(=O)Nc3ccc(-c4csnn4)cc3)c3cnn(C(C)C)c3n2)cc1. The summed E-state index contributed by atoms with van der Waals surface area (Å²) in [6.07, 6.45) is 1.72. The first-order chi connectivity index (χ1) is 16.0. The van der Waals surface area contributed by atoms with Gasteiger partial charge in [-0.1, -0.05) is 46.4 Å². The lowest BCUT2D eigenvalue weighted by molar-refractivity contribution is 0.102. The van der Waals surface area contributed by atoms with Crippen molar-refractivity contribution < 1.29 is 4.79 Å². The molecular weight excluding hydrogens is 432 g/mol. The highest BCUT2D eigenvalue weighted by atomic mass is 32.1. The number of anilines is 1. The van der Waals surface area contributed by atoms with Crippen LogP contribution in [0.2, 0.25) is 0 Å². The van der Waals surface area contributed by atoms with E-state index in [-0.39, 0.29) is 11.9 Å². The molecule has 0 saturated carbocycles. The van der Waals surface area contributed by atoms with Crippen LogP contribution in [0.1, 0.15) is 35.8 Å². The lowest BCUT2D eigenvalue weighted by Gasteiger charge is -2.11. The third kappa shape index (κ3) is 4.12. The summed E-state index contributed by atoms with van der Waals surface area (Å²) in [5.74, 6) is -0.206. The van der Waals surface area contributed by atoms with E-state index >= 15 is 0 Å². The Kier molecular flexibility index (Phi) is 5.43. The Morgan fingerprint density at radius 1 is 1.00 bits per heavy atom. The molecule has 0 spiro atoms. The summed E-state index contributed by atoms with van der Waals surface area (Å²) in [7, 11) is 0. The largest absolute Gasteiger partial charge is 0.322 e. The second-order valence-electron chi connectivity index (χ2n) is 8.16. The molecule has 164 valence electrons. The van der Waals surface area contributed by atoms with Crippen molar-refractivity contribution >= 4 is 34.2 Å². The Morgan fingerprint density at radius 3 is 2.36 bits per heavy atom. The molecule has 0 radical (unpaired) electrons. The van der Waals surface area contributed by atoms with Crippen LogP contribution in [0.15, 0.2) is 66.2 Å². The zero-order chi connectivity index (χ0) is 22.9. The van der Waals surface area contributed by atoms with Gasteiger partial charge in [0.2, 0.25) is 0 Å². The Morgan fingerprint density at radius 2 is 1.70 bits per heavy atom. The number of carbonyl (C=O) groups excluding carboxylic acids is 1. The van der Waals surface area contributed by atoms with Crippen LogP contribution in [0.5, 0.6) is 0 Å². The zero-order valence-electron chi connectivity index (χ0n) is 18.5. The van der Waals surface area contributed by atoms with Gasteiger partial charge in [0.15, 0.2) is 5.65 Å². The highest BCUT2D eigenvalue weighted by Gasteiger charge is 2.19. The number of carbonyl (C=O) groups is 1. The maximum atomic E-state index is 13.4. The molecule has 1 N–H and O–H groups in total. The lowest BCUT2D eigenvalue weighted by Crippen LogP contribution is -2.13. The Labute approximate surface area is 195 Å². The number of fused-ring (bicyclic) bond motifs is 1. The van der Waals surface area contributed by atoms with Crippen molar-refractivity contribution in [3.63, 3.8) is 0 Å². The van der Waals surface area contributed by atoms with Crippen molar-refractivity contribution in [3.8, 4) is 22.5 Å². The van der Waals surface area contributed by atoms with E-state index in [9.17, 15) is 4.79 Å². The molecule has 3 aromatic heterocycles. The van der Waals surface area contributed by atoms with E-state index in [0.29, 0.717) is 16.9 Å². The smallest absolute Gasteiger partial charge is 0.256 e. The molecule has 0 atom stereocenters. The van der Waals surface area contributed by atoms with Gasteiger partial charge in [-0.25, -0.2) is 9.67 Å². The fraction of sp³-hybridized carbons (Fsp3) is 0.160. The van der Waals surface area contributed by atoms with Gasteiger partial charge in [0.05, 0.1) is 22.8 Å². The van der Waals surface area contributed by atoms with Crippen molar-refractivity contribution in [1.29, 1.82) is 0 Å². The van der Waals surface area contributed by atoms with Crippen molar-refractivity contribution in [2.75, 3.05) is 5.32 Å². The molecule has 2 aromatic carbocycles. The molecule has 1 amide bonds. The van der Waals surface area contributed by atoms with E-state index in [4.69, 9.17) is 4.98 Å². The first-order valence-electron chi connectivity index (χ1n) is 10.6. The Bertz CT molecular complexity index is 1420. The summed E-state index contributed by atoms with van der Waals surface area (Å²) >= 11 is 1.31. The molecule has 0 fully saturated rings. The van der Waals surface area contributed by atoms with Crippen molar-refractivity contribution in [2.45, 2.75) is 26.8 Å². The molecule has 33 heavy (non-hydrogen) atoms. The van der Waals surface area contributed by atoms with Crippen LogP contribution in [0.25, 0.3) is 33.5 Å². The number of aromatic nitrogens is 5. The van der Waals surface area contributed by atoms with Crippen LogP contribution in [-0.4, -0.2) is 30.3 Å². The minimum atomic E-state index is -0.206. The fourth-order valence-electron chi connectivity index (χ4n) is 3.67. The number of nitrogens with zero attached hydrogens (tertiary/aromatic N) is 5. The average molecular weight is 455 g/mol. The van der Waals surface area contributed by atoms with E-state index in [1.807, 2.05) is 85.4 Å². The summed E-state index contributed by atoms with van der Waals surface area (Å²) in [6.45, 7) is 6.14. The molecule has 0 aliphatic rings. The van der Waals surface area contributed by atoms with Gasteiger partial charge < -0.3 is 5.32 Å². The number of pyridine rings is 1. The van der Waals surface area contributed by atoms with Gasteiger partial charge in [0, 0.05) is 28.2 Å². The monoisotopic (exact) mass is 454 g/mol. The maximum absolute atomic E-state index is 13.4. The standard InChI is InChI=1S/C25H22N6OS/c1-15(2)31-24-21(13-26-31)20(12-22(28-24)17-6-4-16(3)5-7-17)25(32)27-19-10-8-18(9-11-19)23-14-33-30-29-23/h4-15H,1-3H3,(H,27,32). The first-order valence-corrected chi connectivity index (χ1v) is 11.5. The lowest BCUT2D eigenvalue weighted by atomic mass is 10.0. The van der Waals surface area contributed by atoms with E-state index in [1.165, 1.54) is 17.1 Å². The quantitative estimate of drug-likeness (QED) is 0.365. The molecule has 0 aliphatic carbocycles. The number of amides is 1. The fourth-order valence-corrected chi connectivity index (χ4v) is 4.13. The number of rotatable bonds is 5. The molecule has 0 unspecified atom stereocenters. The van der Waals surface area contributed by atoms with Crippen LogP contribution < -0.4 is 5.32 Å². The number of hydrogen-bond donors (Lipinski definition) is 1. The van der Waals surface area contributed by atoms with Crippen LogP contribution in [0.3, 0.4) is 0 Å². The van der Waals surface area contributed by atoms with Crippen LogP contribution in [0, 0.1) is 6.92 Å². The van der Waals surface area contributed by atoms with Gasteiger partial charge in [-0.05, 0) is 50.5 Å². The van der Waals surface area contributed by atoms with Gasteiger partial charge in [0.1, 0.15) is 5.69 Å². The summed E-state index contributed by atoms with van der Waals surface area (Å²) in [5, 5.41) is 14.2. The minimum absolute atomic E-state index is 0.118. The van der Waals surface area contributed by atoms with Crippen molar-refractivity contribution in [1.82, 2.24) is 24.4 Å². The van der Waals surface area contributed by atoms with Gasteiger partial charge in [-0.2, -0.15) is 5.10 Å². The second kappa shape index (κ2) is 8.55. The van der Waals surface area contributed by atoms with Gasteiger partial charge >= 0.3 is 0 Å². The van der Waals surface area contributed by atoms with Crippen LogP contribution in [-0.2, 0) is 0 Å². The van der Waals surface area contributed by atoms with E-state index in [0.717, 1.165) is 27.9 Å². The van der Waals surface area contributed by atoms with Crippen LogP contribution >= 0.6 is 11.5 Å². The van der Waals surface area contributed by atoms with E-state index in [2.05, 4.69) is 20.0 Å². The molecule has 0 bridgehead atoms. The third-order valence-corrected chi connectivity index (χ3v) is 5.95. The van der Waals surface area contributed by atoms with E-state index in [1.54, 1.807) is 6.20 Å². The Balaban J connectivity index is 1.53. The number of nitrogens with one attached hydrogen (secondary N) is 1. The molecule has 0 aliphatic heterocycles. The van der Waals surface area contributed by atoms with Gasteiger partial charge in [-0.15, -0.1) is 5.10 Å². The molecule has 0 saturated heterocycles. The third-order valence-electron chi connectivity index (χ3n) is 5.45. The van der Waals surface area contributed by atoms with Gasteiger partial charge in [-0.3, -0.25) is 4.79 Å². The summed E-state index contributed by atoms with van der Waals surface area (Å²) in [6, 6.07) is 17.6. The highest BCUT2D eigenvalue weighted by molar-refractivity contribution is 7.03. The predicted octanol–water partition coefficient (Wildman–Crippen LogP) is 5.76. The molecule has 7 nitrogen and oxygen atoms in total. The topological polar surface area (TPSA) is 85.6 Å². The number of benzene rings is 2. The zero-order valence-corrected chi connectivity index (χ0v) is 19.3. The summed E-state index contributed by atoms with van der Waals surface area (Å²) < 4.78 is 5.75. The first kappa shape index (κ1) is 21.0. The average Bonchev–Trinajstić information content (AvgIpc) is 3.50.